The van der Waals surface area contributed by atoms with Gasteiger partial charge in [0.1, 0.15) is 6.10 Å². The summed E-state index contributed by atoms with van der Waals surface area (Å²) in [5.41, 5.74) is 0. The van der Waals surface area contributed by atoms with Gasteiger partial charge in [0, 0.05) is 0 Å². The first-order chi connectivity index (χ1) is 9.75. The third-order valence-electron chi connectivity index (χ3n) is 5.81. The summed E-state index contributed by atoms with van der Waals surface area (Å²) in [4.78, 5) is 12.4. The van der Waals surface area contributed by atoms with E-state index in [2.05, 4.69) is 0 Å². The van der Waals surface area contributed by atoms with Crippen LogP contribution in [0.5, 0.6) is 0 Å². The van der Waals surface area contributed by atoms with Crippen LogP contribution in [-0.4, -0.2) is 23.3 Å². The van der Waals surface area contributed by atoms with Gasteiger partial charge in [-0.15, -0.1) is 0 Å². The molecule has 3 nitrogen and oxygen atoms in total. The number of esters is 1. The zero-order valence-corrected chi connectivity index (χ0v) is 12.4. The number of hydrogen-bond acceptors (Lipinski definition) is 3. The summed E-state index contributed by atoms with van der Waals surface area (Å²) in [6, 6.07) is 0. The molecule has 3 saturated carbocycles. The number of carbonyl (C=O) groups is 1. The van der Waals surface area contributed by atoms with E-state index < -0.39 is 6.10 Å². The van der Waals surface area contributed by atoms with Gasteiger partial charge in [-0.2, -0.15) is 0 Å². The van der Waals surface area contributed by atoms with Crippen LogP contribution in [0.2, 0.25) is 0 Å². The minimum atomic E-state index is -0.454. The Balaban J connectivity index is 1.57. The summed E-state index contributed by atoms with van der Waals surface area (Å²) in [5.74, 6) is 0.628. The molecule has 20 heavy (non-hydrogen) atoms. The Morgan fingerprint density at radius 1 is 0.850 bits per heavy atom. The molecule has 0 bridgehead atoms. The second kappa shape index (κ2) is 6.46. The fourth-order valence-corrected chi connectivity index (χ4v) is 4.60. The molecule has 0 spiro atoms. The Morgan fingerprint density at radius 2 is 1.55 bits per heavy atom. The molecular weight excluding hydrogens is 252 g/mol. The first-order valence-corrected chi connectivity index (χ1v) is 8.64. The second-order valence-electron chi connectivity index (χ2n) is 7.08. The Kier molecular flexibility index (Phi) is 4.65. The van der Waals surface area contributed by atoms with Crippen LogP contribution in [0.3, 0.4) is 0 Å². The van der Waals surface area contributed by atoms with Crippen LogP contribution in [0.4, 0.5) is 0 Å². The van der Waals surface area contributed by atoms with E-state index in [-0.39, 0.29) is 18.0 Å². The quantitative estimate of drug-likeness (QED) is 0.788. The van der Waals surface area contributed by atoms with Gasteiger partial charge < -0.3 is 9.84 Å². The molecule has 0 aromatic carbocycles. The smallest absolute Gasteiger partial charge is 0.311 e. The highest BCUT2D eigenvalue weighted by Gasteiger charge is 2.43. The lowest BCUT2D eigenvalue weighted by Gasteiger charge is -2.42. The van der Waals surface area contributed by atoms with Crippen molar-refractivity contribution >= 4 is 5.97 Å². The Labute approximate surface area is 122 Å². The van der Waals surface area contributed by atoms with E-state index in [1.54, 1.807) is 0 Å². The lowest BCUT2D eigenvalue weighted by atomic mass is 9.66. The molecule has 1 N–H and O–H groups in total. The Morgan fingerprint density at radius 3 is 2.35 bits per heavy atom. The monoisotopic (exact) mass is 280 g/mol. The zero-order valence-electron chi connectivity index (χ0n) is 12.4. The van der Waals surface area contributed by atoms with Crippen molar-refractivity contribution in [2.45, 2.75) is 82.8 Å². The van der Waals surface area contributed by atoms with Gasteiger partial charge in [-0.1, -0.05) is 25.7 Å². The number of ether oxygens (including phenoxy) is 1. The maximum absolute atomic E-state index is 12.4. The number of rotatable bonds is 2. The highest BCUT2D eigenvalue weighted by atomic mass is 16.5. The molecule has 0 saturated heterocycles. The SMILES string of the molecule is O=C(OC1CCCCC1)C1CCC2CCCCC2C1O. The van der Waals surface area contributed by atoms with E-state index in [9.17, 15) is 9.90 Å². The fraction of sp³-hybridized carbons (Fsp3) is 0.941. The molecule has 0 aromatic rings. The van der Waals surface area contributed by atoms with E-state index in [1.807, 2.05) is 0 Å². The number of fused-ring (bicyclic) bond motifs is 1. The van der Waals surface area contributed by atoms with Crippen molar-refractivity contribution < 1.29 is 14.6 Å². The maximum atomic E-state index is 12.4. The van der Waals surface area contributed by atoms with Crippen molar-refractivity contribution in [3.05, 3.63) is 0 Å². The molecule has 4 unspecified atom stereocenters. The molecule has 3 fully saturated rings. The first-order valence-electron chi connectivity index (χ1n) is 8.64. The predicted molar refractivity (Wildman–Crippen MR) is 77.1 cm³/mol. The lowest BCUT2D eigenvalue weighted by molar-refractivity contribution is -0.165. The standard InChI is InChI=1S/C17H28O3/c18-16-14-9-5-4-6-12(14)10-11-15(16)17(19)20-13-7-2-1-3-8-13/h12-16,18H,1-11H2. The minimum absolute atomic E-state index is 0.117. The normalized spacial score (nSPS) is 39.0. The largest absolute Gasteiger partial charge is 0.462 e. The third kappa shape index (κ3) is 3.03. The van der Waals surface area contributed by atoms with Crippen LogP contribution in [-0.2, 0) is 9.53 Å². The van der Waals surface area contributed by atoms with Crippen molar-refractivity contribution in [2.24, 2.45) is 17.8 Å². The summed E-state index contributed by atoms with van der Waals surface area (Å²) >= 11 is 0. The van der Waals surface area contributed by atoms with E-state index in [1.165, 1.54) is 38.5 Å². The van der Waals surface area contributed by atoms with Crippen LogP contribution >= 0.6 is 0 Å². The van der Waals surface area contributed by atoms with Gasteiger partial charge in [0.25, 0.3) is 0 Å². The number of aliphatic hydroxyl groups excluding tert-OH is 1. The van der Waals surface area contributed by atoms with Crippen molar-refractivity contribution in [2.75, 3.05) is 0 Å². The molecule has 3 heteroatoms. The average molecular weight is 280 g/mol. The van der Waals surface area contributed by atoms with Crippen LogP contribution < -0.4 is 0 Å². The molecule has 3 aliphatic carbocycles. The number of hydrogen-bond donors (Lipinski definition) is 1. The first kappa shape index (κ1) is 14.4. The molecule has 4 atom stereocenters. The third-order valence-corrected chi connectivity index (χ3v) is 5.81. The summed E-state index contributed by atoms with van der Waals surface area (Å²) in [6.45, 7) is 0. The molecule has 3 rings (SSSR count). The van der Waals surface area contributed by atoms with Gasteiger partial charge >= 0.3 is 5.97 Å². The molecule has 114 valence electrons. The summed E-state index contributed by atoms with van der Waals surface area (Å²) in [7, 11) is 0. The maximum Gasteiger partial charge on any atom is 0.311 e. The summed E-state index contributed by atoms with van der Waals surface area (Å²) < 4.78 is 5.68. The van der Waals surface area contributed by atoms with E-state index in [4.69, 9.17) is 4.74 Å². The van der Waals surface area contributed by atoms with Crippen LogP contribution in [0.25, 0.3) is 0 Å². The lowest BCUT2D eigenvalue weighted by Crippen LogP contribution is -2.45. The summed E-state index contributed by atoms with van der Waals surface area (Å²) in [6.07, 6.45) is 12.1. The van der Waals surface area contributed by atoms with Crippen LogP contribution in [0.15, 0.2) is 0 Å². The van der Waals surface area contributed by atoms with Crippen LogP contribution in [0.1, 0.15) is 70.6 Å². The zero-order chi connectivity index (χ0) is 13.9. The molecule has 0 heterocycles. The van der Waals surface area contributed by atoms with Gasteiger partial charge in [-0.05, 0) is 56.8 Å². The highest BCUT2D eigenvalue weighted by molar-refractivity contribution is 5.73. The molecular formula is C17H28O3. The van der Waals surface area contributed by atoms with E-state index in [0.717, 1.165) is 32.1 Å². The van der Waals surface area contributed by atoms with Crippen molar-refractivity contribution in [1.82, 2.24) is 0 Å². The van der Waals surface area contributed by atoms with Gasteiger partial charge in [0.05, 0.1) is 12.0 Å². The number of carbonyl (C=O) groups excluding carboxylic acids is 1. The molecule has 0 aliphatic heterocycles. The second-order valence-corrected chi connectivity index (χ2v) is 7.08. The van der Waals surface area contributed by atoms with E-state index >= 15 is 0 Å². The number of aliphatic hydroxyl groups is 1. The summed E-state index contributed by atoms with van der Waals surface area (Å²) in [5, 5.41) is 10.6. The average Bonchev–Trinajstić information content (AvgIpc) is 2.49. The van der Waals surface area contributed by atoms with Gasteiger partial charge in [-0.25, -0.2) is 0 Å². The predicted octanol–water partition coefficient (Wildman–Crippen LogP) is 3.44. The molecule has 0 aromatic heterocycles. The van der Waals surface area contributed by atoms with Crippen molar-refractivity contribution in [3.63, 3.8) is 0 Å². The minimum Gasteiger partial charge on any atom is -0.462 e. The van der Waals surface area contributed by atoms with Crippen molar-refractivity contribution in [1.29, 1.82) is 0 Å². The fourth-order valence-electron chi connectivity index (χ4n) is 4.60. The molecule has 3 aliphatic rings. The Bertz CT molecular complexity index is 335. The van der Waals surface area contributed by atoms with E-state index in [0.29, 0.717) is 11.8 Å². The molecule has 0 radical (unpaired) electrons. The van der Waals surface area contributed by atoms with Crippen molar-refractivity contribution in [3.8, 4) is 0 Å². The molecule has 0 amide bonds. The van der Waals surface area contributed by atoms with Gasteiger partial charge in [0.2, 0.25) is 0 Å². The topological polar surface area (TPSA) is 46.5 Å². The van der Waals surface area contributed by atoms with Crippen LogP contribution in [0, 0.1) is 17.8 Å². The van der Waals surface area contributed by atoms with Gasteiger partial charge in [-0.3, -0.25) is 4.79 Å². The van der Waals surface area contributed by atoms with Gasteiger partial charge in [0.15, 0.2) is 0 Å². The Hall–Kier alpha value is -0.570. The highest BCUT2D eigenvalue weighted by Crippen LogP contribution is 2.43.